The van der Waals surface area contributed by atoms with Gasteiger partial charge in [0.05, 0.1) is 17.5 Å². The summed E-state index contributed by atoms with van der Waals surface area (Å²) in [5, 5.41) is 0. The van der Waals surface area contributed by atoms with Crippen LogP contribution in [0.1, 0.15) is 11.1 Å². The number of carbonyl (C=O) groups excluding carboxylic acids is 1. The Morgan fingerprint density at radius 2 is 1.82 bits per heavy atom. The molecule has 3 aromatic carbocycles. The van der Waals surface area contributed by atoms with Crippen LogP contribution in [-0.4, -0.2) is 26.6 Å². The number of carbonyl (C=O) groups is 1. The lowest BCUT2D eigenvalue weighted by Crippen LogP contribution is -2.40. The van der Waals surface area contributed by atoms with Crippen LogP contribution in [0.4, 0.5) is 34.6 Å². The number of rotatable bonds is 5. The highest BCUT2D eigenvalue weighted by Crippen LogP contribution is 2.43. The van der Waals surface area contributed by atoms with E-state index in [1.165, 1.54) is 24.3 Å². The van der Waals surface area contributed by atoms with Crippen LogP contribution in [0.3, 0.4) is 0 Å². The van der Waals surface area contributed by atoms with Gasteiger partial charge in [0.2, 0.25) is 15.9 Å². The Bertz CT molecular complexity index is 1390. The second-order valence-electron chi connectivity index (χ2n) is 7.95. The van der Waals surface area contributed by atoms with Gasteiger partial charge in [-0.15, -0.1) is 0 Å². The molecule has 0 bridgehead atoms. The summed E-state index contributed by atoms with van der Waals surface area (Å²) < 4.78 is 79.9. The van der Waals surface area contributed by atoms with Crippen molar-refractivity contribution in [3.8, 4) is 11.1 Å². The smallest absolute Gasteiger partial charge is 0.368 e. The van der Waals surface area contributed by atoms with Crippen molar-refractivity contribution in [3.63, 3.8) is 0 Å². The van der Waals surface area contributed by atoms with Crippen molar-refractivity contribution in [1.82, 2.24) is 0 Å². The van der Waals surface area contributed by atoms with E-state index in [4.69, 9.17) is 5.73 Å². The molecule has 3 aromatic rings. The van der Waals surface area contributed by atoms with Crippen molar-refractivity contribution in [1.29, 1.82) is 0 Å². The number of fused-ring (bicyclic) bond motifs is 1. The molecule has 11 heteroatoms. The minimum absolute atomic E-state index is 0.159. The molecule has 1 aliphatic heterocycles. The van der Waals surface area contributed by atoms with Crippen molar-refractivity contribution in [2.75, 3.05) is 15.9 Å². The van der Waals surface area contributed by atoms with Gasteiger partial charge in [-0.3, -0.25) is 9.52 Å². The molecular formula is C23H19F4N3O3S. The van der Waals surface area contributed by atoms with E-state index >= 15 is 0 Å². The van der Waals surface area contributed by atoms with Crippen molar-refractivity contribution >= 4 is 33.0 Å². The number of hydrogen-bond donors (Lipinski definition) is 2. The van der Waals surface area contributed by atoms with E-state index < -0.39 is 39.5 Å². The van der Waals surface area contributed by atoms with Crippen LogP contribution >= 0.6 is 0 Å². The molecule has 178 valence electrons. The molecule has 34 heavy (non-hydrogen) atoms. The van der Waals surface area contributed by atoms with Gasteiger partial charge in [-0.25, -0.2) is 12.8 Å². The van der Waals surface area contributed by atoms with Gasteiger partial charge in [-0.2, -0.15) is 13.2 Å². The quantitative estimate of drug-likeness (QED) is 0.515. The number of halogens is 4. The Hall–Kier alpha value is -3.60. The number of anilines is 3. The second-order valence-corrected chi connectivity index (χ2v) is 9.70. The first-order chi connectivity index (χ1) is 15.8. The molecule has 1 heterocycles. The number of nitrogens with two attached hydrogens (primary N) is 1. The summed E-state index contributed by atoms with van der Waals surface area (Å²) in [5.74, 6) is -1.67. The SMILES string of the molecule is CS(=O)(=O)Nc1ccc2c(c1)N(c1cccc(-c3ccc(F)cc3C(F)(F)F)c1)C(C(N)=O)C2. The number of amides is 1. The zero-order valence-electron chi connectivity index (χ0n) is 17.7. The average molecular weight is 493 g/mol. The van der Waals surface area contributed by atoms with Crippen molar-refractivity contribution in [2.24, 2.45) is 5.73 Å². The van der Waals surface area contributed by atoms with E-state index in [2.05, 4.69) is 4.72 Å². The van der Waals surface area contributed by atoms with Gasteiger partial charge in [0.15, 0.2) is 0 Å². The molecule has 1 unspecified atom stereocenters. The maximum atomic E-state index is 13.6. The van der Waals surface area contributed by atoms with Crippen molar-refractivity contribution < 1.29 is 30.8 Å². The fraction of sp³-hybridized carbons (Fsp3) is 0.174. The zero-order valence-corrected chi connectivity index (χ0v) is 18.5. The van der Waals surface area contributed by atoms with Gasteiger partial charge in [-0.1, -0.05) is 24.3 Å². The van der Waals surface area contributed by atoms with Crippen LogP contribution < -0.4 is 15.4 Å². The molecule has 3 N–H and O–H groups in total. The van der Waals surface area contributed by atoms with Crippen LogP contribution in [0, 0.1) is 5.82 Å². The Kier molecular flexibility index (Phi) is 5.76. The molecule has 0 saturated heterocycles. The van der Waals surface area contributed by atoms with Crippen molar-refractivity contribution in [3.05, 3.63) is 77.6 Å². The predicted molar refractivity (Wildman–Crippen MR) is 121 cm³/mol. The van der Waals surface area contributed by atoms with Gasteiger partial charge in [0, 0.05) is 17.8 Å². The van der Waals surface area contributed by atoms with Gasteiger partial charge in [0.25, 0.3) is 0 Å². The fourth-order valence-corrected chi connectivity index (χ4v) is 4.63. The summed E-state index contributed by atoms with van der Waals surface area (Å²) >= 11 is 0. The number of sulfonamides is 1. The van der Waals surface area contributed by atoms with Crippen LogP contribution in [-0.2, 0) is 27.4 Å². The highest BCUT2D eigenvalue weighted by Gasteiger charge is 2.36. The Labute approximate surface area is 193 Å². The van der Waals surface area contributed by atoms with Crippen LogP contribution in [0.5, 0.6) is 0 Å². The van der Waals surface area contributed by atoms with E-state index in [0.717, 1.165) is 18.4 Å². The number of nitrogens with zero attached hydrogens (tertiary/aromatic N) is 1. The Morgan fingerprint density at radius 1 is 1.09 bits per heavy atom. The summed E-state index contributed by atoms with van der Waals surface area (Å²) in [5.41, 5.74) is 6.25. The number of primary amides is 1. The third kappa shape index (κ3) is 4.69. The molecule has 0 radical (unpaired) electrons. The monoisotopic (exact) mass is 493 g/mol. The number of hydrogen-bond acceptors (Lipinski definition) is 4. The normalized spacial score (nSPS) is 15.8. The highest BCUT2D eigenvalue weighted by molar-refractivity contribution is 7.92. The first-order valence-corrected chi connectivity index (χ1v) is 11.9. The largest absolute Gasteiger partial charge is 0.417 e. The highest BCUT2D eigenvalue weighted by atomic mass is 32.2. The minimum atomic E-state index is -4.78. The maximum Gasteiger partial charge on any atom is 0.417 e. The van der Waals surface area contributed by atoms with Crippen LogP contribution in [0.15, 0.2) is 60.7 Å². The minimum Gasteiger partial charge on any atom is -0.368 e. The molecule has 1 atom stereocenters. The molecule has 1 aliphatic rings. The lowest BCUT2D eigenvalue weighted by molar-refractivity contribution is -0.137. The molecular weight excluding hydrogens is 474 g/mol. The van der Waals surface area contributed by atoms with Crippen molar-refractivity contribution in [2.45, 2.75) is 18.6 Å². The fourth-order valence-electron chi connectivity index (χ4n) is 4.08. The molecule has 0 saturated carbocycles. The summed E-state index contributed by atoms with van der Waals surface area (Å²) in [6.45, 7) is 0. The van der Waals surface area contributed by atoms with E-state index in [1.54, 1.807) is 23.1 Å². The van der Waals surface area contributed by atoms with Crippen LogP contribution in [0.2, 0.25) is 0 Å². The third-order valence-corrected chi connectivity index (χ3v) is 6.03. The number of nitrogens with one attached hydrogen (secondary N) is 1. The first kappa shape index (κ1) is 23.6. The van der Waals surface area contributed by atoms with Gasteiger partial charge < -0.3 is 10.6 Å². The van der Waals surface area contributed by atoms with Gasteiger partial charge >= 0.3 is 6.18 Å². The van der Waals surface area contributed by atoms with E-state index in [1.807, 2.05) is 0 Å². The molecule has 6 nitrogen and oxygen atoms in total. The van der Waals surface area contributed by atoms with Crippen LogP contribution in [0.25, 0.3) is 11.1 Å². The standard InChI is InChI=1S/C23H19F4N3O3S/c1-34(32,33)29-16-7-5-14-10-21(22(28)31)30(20(14)12-16)17-4-2-3-13(9-17)18-8-6-15(24)11-19(18)23(25,26)27/h2-9,11-12,21,29H,10H2,1H3,(H2,28,31). The Balaban J connectivity index is 1.84. The number of alkyl halides is 3. The average Bonchev–Trinajstić information content (AvgIpc) is 3.11. The molecule has 0 fully saturated rings. The second kappa shape index (κ2) is 8.32. The summed E-state index contributed by atoms with van der Waals surface area (Å²) in [6.07, 6.45) is -3.55. The first-order valence-electron chi connectivity index (χ1n) is 10.00. The summed E-state index contributed by atoms with van der Waals surface area (Å²) in [7, 11) is -3.57. The lowest BCUT2D eigenvalue weighted by atomic mass is 9.98. The van der Waals surface area contributed by atoms with Gasteiger partial charge in [-0.05, 0) is 53.1 Å². The topological polar surface area (TPSA) is 92.5 Å². The van der Waals surface area contributed by atoms with E-state index in [0.29, 0.717) is 23.0 Å². The molecule has 0 aromatic heterocycles. The molecule has 0 spiro atoms. The maximum absolute atomic E-state index is 13.6. The van der Waals surface area contributed by atoms with E-state index in [9.17, 15) is 30.8 Å². The zero-order chi connectivity index (χ0) is 24.8. The van der Waals surface area contributed by atoms with E-state index in [-0.39, 0.29) is 23.2 Å². The Morgan fingerprint density at radius 3 is 2.47 bits per heavy atom. The number of benzene rings is 3. The molecule has 0 aliphatic carbocycles. The third-order valence-electron chi connectivity index (χ3n) is 5.42. The molecule has 4 rings (SSSR count). The molecule has 1 amide bonds. The predicted octanol–water partition coefficient (Wildman–Crippen LogP) is 4.43. The lowest BCUT2D eigenvalue weighted by Gasteiger charge is -2.26. The summed E-state index contributed by atoms with van der Waals surface area (Å²) in [4.78, 5) is 13.8. The summed E-state index contributed by atoms with van der Waals surface area (Å²) in [6, 6.07) is 12.3. The van der Waals surface area contributed by atoms with Gasteiger partial charge in [0.1, 0.15) is 11.9 Å².